The van der Waals surface area contributed by atoms with E-state index in [0.29, 0.717) is 29.3 Å². The van der Waals surface area contributed by atoms with Gasteiger partial charge in [-0.3, -0.25) is 9.59 Å². The van der Waals surface area contributed by atoms with E-state index in [-0.39, 0.29) is 11.8 Å². The second-order valence-electron chi connectivity index (χ2n) is 6.14. The molecule has 1 saturated heterocycles. The lowest BCUT2D eigenvalue weighted by Gasteiger charge is -2.19. The van der Waals surface area contributed by atoms with E-state index in [0.717, 1.165) is 22.2 Å². The third-order valence-electron chi connectivity index (χ3n) is 4.45. The van der Waals surface area contributed by atoms with Crippen LogP contribution < -0.4 is 15.0 Å². The van der Waals surface area contributed by atoms with Crippen LogP contribution in [0.1, 0.15) is 22.5 Å². The van der Waals surface area contributed by atoms with Crippen LogP contribution in [0.4, 0.5) is 11.4 Å². The molecule has 5 nitrogen and oxygen atoms in total. The van der Waals surface area contributed by atoms with Gasteiger partial charge in [0.25, 0.3) is 5.91 Å². The van der Waals surface area contributed by atoms with Crippen LogP contribution in [0.5, 0.6) is 5.75 Å². The van der Waals surface area contributed by atoms with Crippen molar-refractivity contribution < 1.29 is 14.3 Å². The van der Waals surface area contributed by atoms with Crippen LogP contribution in [0.15, 0.2) is 48.5 Å². The van der Waals surface area contributed by atoms with E-state index >= 15 is 0 Å². The Balaban J connectivity index is 1.57. The molecule has 0 unspecified atom stereocenters. The predicted molar refractivity (Wildman–Crippen MR) is 104 cm³/mol. The smallest absolute Gasteiger partial charge is 0.265 e. The topological polar surface area (TPSA) is 58.6 Å². The first-order chi connectivity index (χ1) is 12.7. The number of methoxy groups -OCH3 is 1. The highest BCUT2D eigenvalue weighted by Crippen LogP contribution is 2.34. The van der Waals surface area contributed by atoms with Crippen LogP contribution in [0.3, 0.4) is 0 Å². The number of thiophene rings is 1. The van der Waals surface area contributed by atoms with Crippen LogP contribution in [-0.4, -0.2) is 25.5 Å². The Morgan fingerprint density at radius 1 is 1.19 bits per heavy atom. The minimum Gasteiger partial charge on any atom is -0.494 e. The summed E-state index contributed by atoms with van der Waals surface area (Å²) in [5, 5.41) is 3.97. The molecule has 4 rings (SSSR count). The van der Waals surface area contributed by atoms with Crippen molar-refractivity contribution in [1.29, 1.82) is 0 Å². The number of nitrogens with one attached hydrogen (secondary N) is 1. The monoisotopic (exact) mass is 366 g/mol. The lowest BCUT2D eigenvalue weighted by Crippen LogP contribution is -2.24. The molecule has 0 aliphatic carbocycles. The normalized spacial score (nSPS) is 14.0. The zero-order chi connectivity index (χ0) is 18.1. The van der Waals surface area contributed by atoms with Gasteiger partial charge >= 0.3 is 0 Å². The Hall–Kier alpha value is -2.86. The van der Waals surface area contributed by atoms with E-state index in [2.05, 4.69) is 5.32 Å². The minimum absolute atomic E-state index is 0.102. The number of hydrogen-bond donors (Lipinski definition) is 1. The highest BCUT2D eigenvalue weighted by Gasteiger charge is 2.24. The van der Waals surface area contributed by atoms with Gasteiger partial charge in [0.1, 0.15) is 5.75 Å². The third-order valence-corrected chi connectivity index (χ3v) is 5.57. The lowest BCUT2D eigenvalue weighted by molar-refractivity contribution is -0.117. The van der Waals surface area contributed by atoms with Gasteiger partial charge in [0, 0.05) is 29.4 Å². The van der Waals surface area contributed by atoms with Gasteiger partial charge in [-0.05, 0) is 36.1 Å². The van der Waals surface area contributed by atoms with Crippen molar-refractivity contribution >= 4 is 44.6 Å². The van der Waals surface area contributed by atoms with E-state index in [1.807, 2.05) is 36.4 Å². The summed E-state index contributed by atoms with van der Waals surface area (Å²) in [7, 11) is 1.57. The fourth-order valence-electron chi connectivity index (χ4n) is 3.17. The molecule has 0 bridgehead atoms. The Morgan fingerprint density at radius 2 is 2.04 bits per heavy atom. The molecule has 0 spiro atoms. The highest BCUT2D eigenvalue weighted by molar-refractivity contribution is 7.20. The van der Waals surface area contributed by atoms with Gasteiger partial charge in [0.15, 0.2) is 0 Å². The second-order valence-corrected chi connectivity index (χ2v) is 7.22. The Labute approximate surface area is 155 Å². The zero-order valence-corrected chi connectivity index (χ0v) is 15.1. The average Bonchev–Trinajstić information content (AvgIpc) is 3.27. The fourth-order valence-corrected chi connectivity index (χ4v) is 4.13. The van der Waals surface area contributed by atoms with Crippen molar-refractivity contribution in [1.82, 2.24) is 0 Å². The Kier molecular flexibility index (Phi) is 4.34. The summed E-state index contributed by atoms with van der Waals surface area (Å²) in [6, 6.07) is 15.2. The fraction of sp³-hybridized carbons (Fsp3) is 0.200. The van der Waals surface area contributed by atoms with Gasteiger partial charge in [-0.15, -0.1) is 11.3 Å². The number of fused-ring (bicyclic) bond motifs is 1. The number of amides is 2. The van der Waals surface area contributed by atoms with Gasteiger partial charge in [-0.1, -0.05) is 18.2 Å². The molecule has 2 amide bonds. The van der Waals surface area contributed by atoms with Crippen LogP contribution in [-0.2, 0) is 4.79 Å². The first kappa shape index (κ1) is 16.6. The van der Waals surface area contributed by atoms with Gasteiger partial charge in [0.05, 0.1) is 17.7 Å². The Morgan fingerprint density at radius 3 is 2.77 bits per heavy atom. The predicted octanol–water partition coefficient (Wildman–Crippen LogP) is 4.29. The van der Waals surface area contributed by atoms with Crippen molar-refractivity contribution in [3.05, 3.63) is 53.4 Å². The summed E-state index contributed by atoms with van der Waals surface area (Å²) in [5.74, 6) is 0.526. The van der Waals surface area contributed by atoms with Gasteiger partial charge in [-0.25, -0.2) is 0 Å². The maximum atomic E-state index is 12.6. The molecule has 0 radical (unpaired) electrons. The summed E-state index contributed by atoms with van der Waals surface area (Å²) < 4.78 is 6.52. The maximum absolute atomic E-state index is 12.6. The SMILES string of the molecule is COc1cc(NC(=O)c2cc3ccccc3s2)ccc1N1CCCC1=O. The lowest BCUT2D eigenvalue weighted by atomic mass is 10.2. The highest BCUT2D eigenvalue weighted by atomic mass is 32.1. The molecule has 1 aliphatic heterocycles. The number of rotatable bonds is 4. The van der Waals surface area contributed by atoms with E-state index in [4.69, 9.17) is 4.74 Å². The molecular weight excluding hydrogens is 348 g/mol. The van der Waals surface area contributed by atoms with E-state index < -0.39 is 0 Å². The van der Waals surface area contributed by atoms with Gasteiger partial charge in [-0.2, -0.15) is 0 Å². The quantitative estimate of drug-likeness (QED) is 0.749. The molecule has 1 aromatic heterocycles. The molecule has 1 aliphatic rings. The average molecular weight is 366 g/mol. The summed E-state index contributed by atoms with van der Waals surface area (Å²) in [5.41, 5.74) is 1.38. The molecule has 3 aromatic rings. The molecule has 132 valence electrons. The minimum atomic E-state index is -0.154. The first-order valence-electron chi connectivity index (χ1n) is 8.44. The van der Waals surface area contributed by atoms with Crippen LogP contribution in [0.25, 0.3) is 10.1 Å². The van der Waals surface area contributed by atoms with Crippen LogP contribution in [0, 0.1) is 0 Å². The number of anilines is 2. The van der Waals surface area contributed by atoms with Gasteiger partial charge < -0.3 is 15.0 Å². The summed E-state index contributed by atoms with van der Waals surface area (Å²) in [4.78, 5) is 26.9. The Bertz CT molecular complexity index is 963. The molecule has 1 fully saturated rings. The second kappa shape index (κ2) is 6.80. The molecule has 26 heavy (non-hydrogen) atoms. The van der Waals surface area contributed by atoms with Crippen LogP contribution in [0.2, 0.25) is 0 Å². The van der Waals surface area contributed by atoms with Crippen molar-refractivity contribution in [2.24, 2.45) is 0 Å². The van der Waals surface area contributed by atoms with Crippen molar-refractivity contribution in [3.63, 3.8) is 0 Å². The van der Waals surface area contributed by atoms with Crippen molar-refractivity contribution in [2.75, 3.05) is 23.9 Å². The summed E-state index contributed by atoms with van der Waals surface area (Å²) >= 11 is 1.46. The number of ether oxygens (including phenoxy) is 1. The molecule has 0 saturated carbocycles. The molecule has 2 aromatic carbocycles. The number of nitrogens with zero attached hydrogens (tertiary/aromatic N) is 1. The van der Waals surface area contributed by atoms with Crippen LogP contribution >= 0.6 is 11.3 Å². The largest absolute Gasteiger partial charge is 0.494 e. The van der Waals surface area contributed by atoms with E-state index in [1.54, 1.807) is 24.1 Å². The molecular formula is C20H18N2O3S. The van der Waals surface area contributed by atoms with Gasteiger partial charge in [0.2, 0.25) is 5.91 Å². The van der Waals surface area contributed by atoms with E-state index in [9.17, 15) is 9.59 Å². The maximum Gasteiger partial charge on any atom is 0.265 e. The van der Waals surface area contributed by atoms with Crippen molar-refractivity contribution in [3.8, 4) is 5.75 Å². The summed E-state index contributed by atoms with van der Waals surface area (Å²) in [6.45, 7) is 0.697. The standard InChI is InChI=1S/C20H18N2O3S/c1-25-16-12-14(8-9-15(16)22-10-4-7-19(22)23)21-20(24)18-11-13-5-2-3-6-17(13)26-18/h2-3,5-6,8-9,11-12H,4,7,10H2,1H3,(H,21,24). The molecule has 0 atom stereocenters. The van der Waals surface area contributed by atoms with E-state index in [1.165, 1.54) is 11.3 Å². The first-order valence-corrected chi connectivity index (χ1v) is 9.26. The number of hydrogen-bond acceptors (Lipinski definition) is 4. The molecule has 2 heterocycles. The third kappa shape index (κ3) is 3.04. The summed E-state index contributed by atoms with van der Waals surface area (Å²) in [6.07, 6.45) is 1.42. The zero-order valence-electron chi connectivity index (χ0n) is 14.3. The molecule has 6 heteroatoms. The molecule has 1 N–H and O–H groups in total. The number of benzene rings is 2. The number of carbonyl (C=O) groups excluding carboxylic acids is 2. The number of carbonyl (C=O) groups is 2. The van der Waals surface area contributed by atoms with Crippen molar-refractivity contribution in [2.45, 2.75) is 12.8 Å².